The van der Waals surface area contributed by atoms with E-state index < -0.39 is 17.6 Å². The molecule has 2 rings (SSSR count). The number of benzene rings is 1. The van der Waals surface area contributed by atoms with Crippen molar-refractivity contribution in [2.75, 3.05) is 5.32 Å². The fraction of sp³-hybridized carbons (Fsp3) is 0.550. The van der Waals surface area contributed by atoms with Crippen LogP contribution in [0.1, 0.15) is 70.6 Å². The predicted molar refractivity (Wildman–Crippen MR) is 101 cm³/mol. The van der Waals surface area contributed by atoms with Crippen LogP contribution < -0.4 is 10.7 Å². The SMILES string of the molecule is O=C(NN=C1CCCCCCCCCCC1)C(=O)Nc1ccc(F)cc1. The third-order valence-electron chi connectivity index (χ3n) is 4.55. The van der Waals surface area contributed by atoms with Crippen LogP contribution in [0.4, 0.5) is 10.1 Å². The van der Waals surface area contributed by atoms with Crippen molar-refractivity contribution < 1.29 is 14.0 Å². The predicted octanol–water partition coefficient (Wildman–Crippen LogP) is 4.54. The van der Waals surface area contributed by atoms with E-state index in [1.54, 1.807) is 0 Å². The topological polar surface area (TPSA) is 70.6 Å². The van der Waals surface area contributed by atoms with E-state index in [4.69, 9.17) is 0 Å². The van der Waals surface area contributed by atoms with E-state index in [9.17, 15) is 14.0 Å². The van der Waals surface area contributed by atoms with Crippen LogP contribution in [0.25, 0.3) is 0 Å². The first-order valence-electron chi connectivity index (χ1n) is 9.57. The second-order valence-electron chi connectivity index (χ2n) is 6.76. The summed E-state index contributed by atoms with van der Waals surface area (Å²) in [5.74, 6) is -2.02. The van der Waals surface area contributed by atoms with Gasteiger partial charge in [-0.25, -0.2) is 9.82 Å². The molecule has 2 amide bonds. The molecule has 0 bridgehead atoms. The summed E-state index contributed by atoms with van der Waals surface area (Å²) in [6.45, 7) is 0. The highest BCUT2D eigenvalue weighted by atomic mass is 19.1. The van der Waals surface area contributed by atoms with Crippen LogP contribution in [0, 0.1) is 5.82 Å². The van der Waals surface area contributed by atoms with Crippen LogP contribution in [-0.4, -0.2) is 17.5 Å². The minimum atomic E-state index is -0.812. The highest BCUT2D eigenvalue weighted by Gasteiger charge is 2.13. The Morgan fingerprint density at radius 1 is 0.769 bits per heavy atom. The number of carbonyl (C=O) groups excluding carboxylic acids is 2. The quantitative estimate of drug-likeness (QED) is 0.600. The maximum Gasteiger partial charge on any atom is 0.329 e. The highest BCUT2D eigenvalue weighted by Crippen LogP contribution is 2.15. The van der Waals surface area contributed by atoms with Gasteiger partial charge in [-0.15, -0.1) is 0 Å². The highest BCUT2D eigenvalue weighted by molar-refractivity contribution is 6.39. The molecule has 0 atom stereocenters. The van der Waals surface area contributed by atoms with E-state index >= 15 is 0 Å². The van der Waals surface area contributed by atoms with Gasteiger partial charge >= 0.3 is 11.8 Å². The third kappa shape index (κ3) is 7.76. The molecule has 0 spiro atoms. The van der Waals surface area contributed by atoms with E-state index in [0.717, 1.165) is 31.4 Å². The summed E-state index contributed by atoms with van der Waals surface area (Å²) < 4.78 is 12.9. The number of rotatable bonds is 2. The van der Waals surface area contributed by atoms with Crippen molar-refractivity contribution in [2.45, 2.75) is 70.6 Å². The Bertz CT molecular complexity index is 600. The van der Waals surface area contributed by atoms with Gasteiger partial charge in [-0.05, 0) is 49.9 Å². The third-order valence-corrected chi connectivity index (χ3v) is 4.55. The normalized spacial score (nSPS) is 16.7. The van der Waals surface area contributed by atoms with Crippen molar-refractivity contribution >= 4 is 23.2 Å². The van der Waals surface area contributed by atoms with Gasteiger partial charge < -0.3 is 5.32 Å². The smallest absolute Gasteiger partial charge is 0.318 e. The second kappa shape index (κ2) is 11.4. The summed E-state index contributed by atoms with van der Waals surface area (Å²) in [5, 5.41) is 6.61. The Hall–Kier alpha value is -2.24. The van der Waals surface area contributed by atoms with Crippen LogP contribution in [0.5, 0.6) is 0 Å². The number of nitrogens with one attached hydrogen (secondary N) is 2. The molecule has 0 heterocycles. The molecule has 1 fully saturated rings. The number of nitrogens with zero attached hydrogens (tertiary/aromatic N) is 1. The lowest BCUT2D eigenvalue weighted by molar-refractivity contribution is -0.136. The lowest BCUT2D eigenvalue weighted by Crippen LogP contribution is -2.33. The van der Waals surface area contributed by atoms with Gasteiger partial charge in [0, 0.05) is 11.4 Å². The van der Waals surface area contributed by atoms with Gasteiger partial charge in [0.15, 0.2) is 0 Å². The summed E-state index contributed by atoms with van der Waals surface area (Å²) in [6, 6.07) is 5.25. The lowest BCUT2D eigenvalue weighted by Gasteiger charge is -2.10. The van der Waals surface area contributed by atoms with E-state index in [1.165, 1.54) is 69.2 Å². The molecular formula is C20H28FN3O2. The largest absolute Gasteiger partial charge is 0.329 e. The lowest BCUT2D eigenvalue weighted by atomic mass is 10.00. The standard InChI is InChI=1S/C20H28FN3O2/c21-16-12-14-17(15-13-16)22-19(25)20(26)24-23-18-10-8-6-4-2-1-3-5-7-9-11-18/h12-15H,1-11H2,(H,22,25)(H,24,26). The Labute approximate surface area is 154 Å². The number of carbonyl (C=O) groups is 2. The molecule has 142 valence electrons. The van der Waals surface area contributed by atoms with Gasteiger partial charge in [0.25, 0.3) is 0 Å². The number of hydrazone groups is 1. The summed E-state index contributed by atoms with van der Waals surface area (Å²) in [6.07, 6.45) is 12.6. The fourth-order valence-corrected chi connectivity index (χ4v) is 3.03. The van der Waals surface area contributed by atoms with Gasteiger partial charge in [0.05, 0.1) is 0 Å². The summed E-state index contributed by atoms with van der Waals surface area (Å²) in [5.41, 5.74) is 3.68. The zero-order valence-electron chi connectivity index (χ0n) is 15.2. The van der Waals surface area contributed by atoms with Gasteiger partial charge in [-0.2, -0.15) is 5.10 Å². The number of amides is 2. The van der Waals surface area contributed by atoms with Crippen molar-refractivity contribution in [3.8, 4) is 0 Å². The first-order chi connectivity index (χ1) is 12.6. The van der Waals surface area contributed by atoms with E-state index in [1.807, 2.05) is 0 Å². The van der Waals surface area contributed by atoms with Crippen LogP contribution >= 0.6 is 0 Å². The van der Waals surface area contributed by atoms with Crippen LogP contribution in [-0.2, 0) is 9.59 Å². The van der Waals surface area contributed by atoms with Crippen molar-refractivity contribution in [3.05, 3.63) is 30.1 Å². The van der Waals surface area contributed by atoms with E-state index in [2.05, 4.69) is 15.8 Å². The molecule has 1 aromatic rings. The van der Waals surface area contributed by atoms with Gasteiger partial charge in [-0.1, -0.05) is 44.9 Å². The Balaban J connectivity index is 1.84. The second-order valence-corrected chi connectivity index (χ2v) is 6.76. The molecule has 0 aliphatic heterocycles. The average molecular weight is 361 g/mol. The van der Waals surface area contributed by atoms with E-state index in [0.29, 0.717) is 5.69 Å². The molecule has 1 aromatic carbocycles. The molecular weight excluding hydrogens is 333 g/mol. The Kier molecular flexibility index (Phi) is 8.79. The number of hydrogen-bond donors (Lipinski definition) is 2. The summed E-state index contributed by atoms with van der Waals surface area (Å²) in [4.78, 5) is 23.8. The molecule has 26 heavy (non-hydrogen) atoms. The Morgan fingerprint density at radius 3 is 1.81 bits per heavy atom. The van der Waals surface area contributed by atoms with Gasteiger partial charge in [-0.3, -0.25) is 9.59 Å². The molecule has 6 heteroatoms. The first-order valence-corrected chi connectivity index (χ1v) is 9.57. The number of anilines is 1. The molecule has 0 aromatic heterocycles. The summed E-state index contributed by atoms with van der Waals surface area (Å²) in [7, 11) is 0. The molecule has 1 aliphatic rings. The zero-order valence-corrected chi connectivity index (χ0v) is 15.2. The van der Waals surface area contributed by atoms with Gasteiger partial charge in [0.2, 0.25) is 0 Å². The van der Waals surface area contributed by atoms with Crippen molar-refractivity contribution in [1.29, 1.82) is 0 Å². The molecule has 1 saturated carbocycles. The first kappa shape index (κ1) is 20.1. The monoisotopic (exact) mass is 361 g/mol. The van der Waals surface area contributed by atoms with Crippen molar-refractivity contribution in [1.82, 2.24) is 5.43 Å². The average Bonchev–Trinajstić information content (AvgIpc) is 2.63. The van der Waals surface area contributed by atoms with Crippen LogP contribution in [0.2, 0.25) is 0 Å². The minimum absolute atomic E-state index is 0.366. The van der Waals surface area contributed by atoms with Crippen molar-refractivity contribution in [3.63, 3.8) is 0 Å². The molecule has 2 N–H and O–H groups in total. The zero-order chi connectivity index (χ0) is 18.6. The van der Waals surface area contributed by atoms with Crippen molar-refractivity contribution in [2.24, 2.45) is 5.10 Å². The Morgan fingerprint density at radius 2 is 1.27 bits per heavy atom. The van der Waals surface area contributed by atoms with Crippen LogP contribution in [0.3, 0.4) is 0 Å². The van der Waals surface area contributed by atoms with E-state index in [-0.39, 0.29) is 0 Å². The molecule has 0 saturated heterocycles. The summed E-state index contributed by atoms with van der Waals surface area (Å²) >= 11 is 0. The molecule has 5 nitrogen and oxygen atoms in total. The number of halogens is 1. The molecule has 1 aliphatic carbocycles. The molecule has 0 unspecified atom stereocenters. The van der Waals surface area contributed by atoms with Gasteiger partial charge in [0.1, 0.15) is 5.82 Å². The maximum absolute atomic E-state index is 12.9. The van der Waals surface area contributed by atoms with Crippen LogP contribution in [0.15, 0.2) is 29.4 Å². The number of hydrogen-bond acceptors (Lipinski definition) is 3. The maximum atomic E-state index is 12.9. The molecule has 0 radical (unpaired) electrons. The fourth-order valence-electron chi connectivity index (χ4n) is 3.03. The minimum Gasteiger partial charge on any atom is -0.318 e.